The number of hydrogen-bond acceptors (Lipinski definition) is 5. The number of thiophene rings is 1. The number of anilines is 1. The second kappa shape index (κ2) is 6.52. The first-order valence-electron chi connectivity index (χ1n) is 8.06. The van der Waals surface area contributed by atoms with Gasteiger partial charge in [0.2, 0.25) is 0 Å². The van der Waals surface area contributed by atoms with E-state index < -0.39 is 0 Å². The van der Waals surface area contributed by atoms with Gasteiger partial charge in [0, 0.05) is 10.6 Å². The minimum absolute atomic E-state index is 0.0387. The summed E-state index contributed by atoms with van der Waals surface area (Å²) in [5.74, 6) is -0.0387. The van der Waals surface area contributed by atoms with Gasteiger partial charge in [0.15, 0.2) is 0 Å². The van der Waals surface area contributed by atoms with Crippen LogP contribution in [0.5, 0.6) is 0 Å². The highest BCUT2D eigenvalue weighted by molar-refractivity contribution is 7.14. The number of hydrogen-bond donors (Lipinski definition) is 1. The number of amides is 1. The highest BCUT2D eigenvalue weighted by atomic mass is 32.1. The van der Waals surface area contributed by atoms with Gasteiger partial charge in [0.1, 0.15) is 6.33 Å². The van der Waals surface area contributed by atoms with Crippen molar-refractivity contribution in [3.63, 3.8) is 0 Å². The van der Waals surface area contributed by atoms with Crippen LogP contribution in [0.15, 0.2) is 36.7 Å². The molecule has 1 N–H and O–H groups in total. The number of benzene rings is 1. The Balaban J connectivity index is 1.48. The van der Waals surface area contributed by atoms with Crippen LogP contribution < -0.4 is 5.32 Å². The van der Waals surface area contributed by atoms with E-state index in [9.17, 15) is 4.79 Å². The largest absolute Gasteiger partial charge is 0.321 e. The number of aryl methyl sites for hydroxylation is 2. The summed E-state index contributed by atoms with van der Waals surface area (Å²) in [5, 5.41) is 14.0. The lowest BCUT2D eigenvalue weighted by molar-refractivity contribution is 0.103. The Kier molecular flexibility index (Phi) is 4.08. The Morgan fingerprint density at radius 2 is 1.96 bits per heavy atom. The van der Waals surface area contributed by atoms with Gasteiger partial charge in [-0.1, -0.05) is 6.42 Å². The summed E-state index contributed by atoms with van der Waals surface area (Å²) in [4.78, 5) is 14.7. The maximum atomic E-state index is 12.5. The fourth-order valence-corrected chi connectivity index (χ4v) is 4.10. The molecule has 0 aliphatic heterocycles. The lowest BCUT2D eigenvalue weighted by Crippen LogP contribution is -2.10. The van der Waals surface area contributed by atoms with Crippen LogP contribution in [-0.4, -0.2) is 26.1 Å². The summed E-state index contributed by atoms with van der Waals surface area (Å²) < 4.78 is 1.57. The first kappa shape index (κ1) is 15.0. The molecule has 0 radical (unpaired) electrons. The Morgan fingerprint density at radius 1 is 1.12 bits per heavy atom. The van der Waals surface area contributed by atoms with E-state index >= 15 is 0 Å². The molecule has 1 amide bonds. The molecule has 0 saturated carbocycles. The molecule has 24 heavy (non-hydrogen) atoms. The molecular formula is C17H17N5OS. The number of carbonyl (C=O) groups is 1. The maximum absolute atomic E-state index is 12.5. The molecule has 0 bridgehead atoms. The van der Waals surface area contributed by atoms with Crippen molar-refractivity contribution in [2.45, 2.75) is 32.1 Å². The first-order chi connectivity index (χ1) is 11.8. The van der Waals surface area contributed by atoms with Crippen LogP contribution in [0.4, 0.5) is 5.69 Å². The van der Waals surface area contributed by atoms with Crippen molar-refractivity contribution in [3.05, 3.63) is 52.0 Å². The molecule has 1 aliphatic rings. The van der Waals surface area contributed by atoms with E-state index in [1.807, 2.05) is 24.3 Å². The lowest BCUT2D eigenvalue weighted by Gasteiger charge is -2.05. The molecule has 2 heterocycles. The van der Waals surface area contributed by atoms with Crippen molar-refractivity contribution in [2.75, 3.05) is 5.32 Å². The molecular weight excluding hydrogens is 322 g/mol. The average molecular weight is 339 g/mol. The number of carbonyl (C=O) groups excluding carboxylic acids is 1. The first-order valence-corrected chi connectivity index (χ1v) is 8.87. The summed E-state index contributed by atoms with van der Waals surface area (Å²) in [7, 11) is 0. The van der Waals surface area contributed by atoms with Crippen LogP contribution in [0.3, 0.4) is 0 Å². The minimum Gasteiger partial charge on any atom is -0.321 e. The zero-order valence-corrected chi connectivity index (χ0v) is 13.9. The number of nitrogens with zero attached hydrogens (tertiary/aromatic N) is 4. The van der Waals surface area contributed by atoms with Crippen molar-refractivity contribution < 1.29 is 4.79 Å². The van der Waals surface area contributed by atoms with E-state index in [2.05, 4.69) is 26.9 Å². The molecule has 2 aromatic heterocycles. The van der Waals surface area contributed by atoms with E-state index in [4.69, 9.17) is 0 Å². The molecule has 1 aromatic carbocycles. The topological polar surface area (TPSA) is 72.7 Å². The molecule has 6 nitrogen and oxygen atoms in total. The molecule has 0 fully saturated rings. The second-order valence-electron chi connectivity index (χ2n) is 5.88. The van der Waals surface area contributed by atoms with E-state index in [0.717, 1.165) is 29.1 Å². The van der Waals surface area contributed by atoms with Gasteiger partial charge in [0.25, 0.3) is 5.91 Å². The second-order valence-corrected chi connectivity index (χ2v) is 7.01. The third kappa shape index (κ3) is 3.07. The molecule has 3 aromatic rings. The van der Waals surface area contributed by atoms with Crippen LogP contribution in [-0.2, 0) is 12.8 Å². The highest BCUT2D eigenvalue weighted by Crippen LogP contribution is 2.29. The summed E-state index contributed by atoms with van der Waals surface area (Å²) >= 11 is 1.63. The minimum atomic E-state index is -0.0387. The van der Waals surface area contributed by atoms with Crippen molar-refractivity contribution in [1.29, 1.82) is 0 Å². The Bertz CT molecular complexity index is 815. The quantitative estimate of drug-likeness (QED) is 0.744. The fourth-order valence-electron chi connectivity index (χ4n) is 2.95. The van der Waals surface area contributed by atoms with Crippen molar-refractivity contribution in [2.24, 2.45) is 0 Å². The molecule has 0 atom stereocenters. The Hall–Kier alpha value is -2.54. The average Bonchev–Trinajstić information content (AvgIpc) is 3.22. The maximum Gasteiger partial charge on any atom is 0.265 e. The highest BCUT2D eigenvalue weighted by Gasteiger charge is 2.16. The Morgan fingerprint density at radius 3 is 2.75 bits per heavy atom. The van der Waals surface area contributed by atoms with E-state index in [1.165, 1.54) is 36.0 Å². The van der Waals surface area contributed by atoms with E-state index in [-0.39, 0.29) is 5.91 Å². The van der Waals surface area contributed by atoms with Crippen LogP contribution in [0.1, 0.15) is 39.4 Å². The molecule has 0 unspecified atom stereocenters. The normalized spacial score (nSPS) is 14.0. The van der Waals surface area contributed by atoms with Crippen LogP contribution in [0, 0.1) is 0 Å². The van der Waals surface area contributed by atoms with Crippen molar-refractivity contribution >= 4 is 22.9 Å². The van der Waals surface area contributed by atoms with Crippen molar-refractivity contribution in [1.82, 2.24) is 20.2 Å². The molecule has 0 spiro atoms. The van der Waals surface area contributed by atoms with Gasteiger partial charge >= 0.3 is 0 Å². The van der Waals surface area contributed by atoms with Crippen LogP contribution in [0.25, 0.3) is 5.69 Å². The zero-order chi connectivity index (χ0) is 16.4. The van der Waals surface area contributed by atoms with Gasteiger partial charge in [-0.2, -0.15) is 0 Å². The molecule has 4 rings (SSSR count). The molecule has 7 heteroatoms. The van der Waals surface area contributed by atoms with Gasteiger partial charge < -0.3 is 5.32 Å². The smallest absolute Gasteiger partial charge is 0.265 e. The lowest BCUT2D eigenvalue weighted by atomic mass is 10.1. The van der Waals surface area contributed by atoms with Gasteiger partial charge in [-0.15, -0.1) is 16.4 Å². The SMILES string of the molecule is O=C(Nc1ccc(-n2cnnn2)cc1)c1cc2c(s1)CCCCC2. The number of fused-ring (bicyclic) bond motifs is 1. The van der Waals surface area contributed by atoms with E-state index in [1.54, 1.807) is 16.0 Å². The predicted molar refractivity (Wildman–Crippen MR) is 92.7 cm³/mol. The molecule has 0 saturated heterocycles. The molecule has 1 aliphatic carbocycles. The fraction of sp³-hybridized carbons (Fsp3) is 0.294. The summed E-state index contributed by atoms with van der Waals surface area (Å²) in [6.07, 6.45) is 7.48. The third-order valence-electron chi connectivity index (χ3n) is 4.21. The number of tetrazole rings is 1. The van der Waals surface area contributed by atoms with Gasteiger partial charge in [-0.3, -0.25) is 4.79 Å². The van der Waals surface area contributed by atoms with Crippen LogP contribution >= 0.6 is 11.3 Å². The van der Waals surface area contributed by atoms with E-state index in [0.29, 0.717) is 0 Å². The van der Waals surface area contributed by atoms with Crippen LogP contribution in [0.2, 0.25) is 0 Å². The van der Waals surface area contributed by atoms with Gasteiger partial charge in [-0.25, -0.2) is 4.68 Å². The monoisotopic (exact) mass is 339 g/mol. The number of rotatable bonds is 3. The summed E-state index contributed by atoms with van der Waals surface area (Å²) in [6.45, 7) is 0. The predicted octanol–water partition coefficient (Wildman–Crippen LogP) is 3.25. The third-order valence-corrected chi connectivity index (χ3v) is 5.44. The summed E-state index contributed by atoms with van der Waals surface area (Å²) in [6, 6.07) is 9.52. The standard InChI is InChI=1S/C17H17N5OS/c23-17(16-10-12-4-2-1-3-5-15(12)24-16)19-13-6-8-14(9-7-13)22-11-18-20-21-22/h6-11H,1-5H2,(H,19,23). The molecule has 122 valence electrons. The Labute approximate surface area is 143 Å². The zero-order valence-electron chi connectivity index (χ0n) is 13.1. The van der Waals surface area contributed by atoms with Gasteiger partial charge in [0.05, 0.1) is 10.6 Å². The number of nitrogens with one attached hydrogen (secondary N) is 1. The summed E-state index contributed by atoms with van der Waals surface area (Å²) in [5.41, 5.74) is 2.97. The van der Waals surface area contributed by atoms with Gasteiger partial charge in [-0.05, 0) is 72.0 Å². The van der Waals surface area contributed by atoms with Crippen molar-refractivity contribution in [3.8, 4) is 5.69 Å². The number of aromatic nitrogens is 4.